The first-order chi connectivity index (χ1) is 8.99. The van der Waals surface area contributed by atoms with Gasteiger partial charge >= 0.3 is 0 Å². The predicted octanol–water partition coefficient (Wildman–Crippen LogP) is 4.78. The number of hydrogen-bond acceptors (Lipinski definition) is 1. The van der Waals surface area contributed by atoms with Crippen LogP contribution in [0.1, 0.15) is 63.6 Å². The average molecular weight is 273 g/mol. The van der Waals surface area contributed by atoms with Crippen molar-refractivity contribution in [1.82, 2.24) is 0 Å². The molecule has 112 valence electrons. The van der Waals surface area contributed by atoms with Crippen LogP contribution < -0.4 is 5.73 Å². The lowest BCUT2D eigenvalue weighted by molar-refractivity contribution is 0.0487. The van der Waals surface area contributed by atoms with Gasteiger partial charge in [0.1, 0.15) is 0 Å². The van der Waals surface area contributed by atoms with Gasteiger partial charge in [0.15, 0.2) is 0 Å². The molecule has 1 heteroatoms. The summed E-state index contributed by atoms with van der Waals surface area (Å²) in [6.07, 6.45) is 4.51. The van der Waals surface area contributed by atoms with E-state index in [2.05, 4.69) is 59.7 Å². The van der Waals surface area contributed by atoms with E-state index in [-0.39, 0.29) is 5.54 Å². The van der Waals surface area contributed by atoms with Crippen molar-refractivity contribution in [3.05, 3.63) is 34.9 Å². The lowest BCUT2D eigenvalue weighted by Crippen LogP contribution is -2.53. The van der Waals surface area contributed by atoms with Crippen LogP contribution in [0.3, 0.4) is 0 Å². The number of benzene rings is 1. The van der Waals surface area contributed by atoms with E-state index in [0.717, 1.165) is 19.3 Å². The summed E-state index contributed by atoms with van der Waals surface area (Å²) in [6.45, 7) is 13.8. The van der Waals surface area contributed by atoms with E-state index >= 15 is 0 Å². The zero-order chi connectivity index (χ0) is 15.2. The van der Waals surface area contributed by atoms with Crippen LogP contribution in [0.4, 0.5) is 0 Å². The molecule has 0 atom stereocenters. The smallest absolute Gasteiger partial charge is 0.0205 e. The molecule has 20 heavy (non-hydrogen) atoms. The highest BCUT2D eigenvalue weighted by atomic mass is 14.8. The van der Waals surface area contributed by atoms with Gasteiger partial charge in [-0.2, -0.15) is 0 Å². The fourth-order valence-corrected chi connectivity index (χ4v) is 5.09. The van der Waals surface area contributed by atoms with Gasteiger partial charge in [0.2, 0.25) is 0 Å². The predicted molar refractivity (Wildman–Crippen MR) is 88.0 cm³/mol. The minimum atomic E-state index is -0.0640. The van der Waals surface area contributed by atoms with Gasteiger partial charge in [-0.1, -0.05) is 57.0 Å². The van der Waals surface area contributed by atoms with Crippen LogP contribution in [-0.2, 0) is 6.42 Å². The summed E-state index contributed by atoms with van der Waals surface area (Å²) in [5, 5.41) is 0. The second-order valence-electron chi connectivity index (χ2n) is 8.89. The molecule has 2 rings (SSSR count). The maximum atomic E-state index is 6.84. The summed E-state index contributed by atoms with van der Waals surface area (Å²) in [7, 11) is 0. The Hall–Kier alpha value is -0.820. The Morgan fingerprint density at radius 2 is 1.30 bits per heavy atom. The highest BCUT2D eigenvalue weighted by Crippen LogP contribution is 2.50. The van der Waals surface area contributed by atoms with Crippen molar-refractivity contribution >= 4 is 0 Å². The largest absolute Gasteiger partial charge is 0.325 e. The van der Waals surface area contributed by atoms with E-state index in [1.807, 2.05) is 0 Å². The maximum Gasteiger partial charge on any atom is 0.0205 e. The Labute approximate surface area is 125 Å². The third-order valence-electron chi connectivity index (χ3n) is 4.46. The minimum Gasteiger partial charge on any atom is -0.325 e. The van der Waals surface area contributed by atoms with Gasteiger partial charge in [0.05, 0.1) is 0 Å². The zero-order valence-electron chi connectivity index (χ0n) is 14.1. The van der Waals surface area contributed by atoms with Crippen molar-refractivity contribution in [1.29, 1.82) is 0 Å². The van der Waals surface area contributed by atoms with E-state index in [1.54, 1.807) is 0 Å². The molecule has 0 saturated heterocycles. The van der Waals surface area contributed by atoms with E-state index in [9.17, 15) is 0 Å². The normalized spacial score (nSPS) is 23.6. The Kier molecular flexibility index (Phi) is 3.79. The van der Waals surface area contributed by atoms with Crippen molar-refractivity contribution < 1.29 is 0 Å². The summed E-state index contributed by atoms with van der Waals surface area (Å²) in [4.78, 5) is 0. The van der Waals surface area contributed by atoms with Gasteiger partial charge in [0, 0.05) is 5.54 Å². The molecular formula is C19H31N. The minimum absolute atomic E-state index is 0.0640. The molecule has 1 aromatic rings. The summed E-state index contributed by atoms with van der Waals surface area (Å²) >= 11 is 0. The third-order valence-corrected chi connectivity index (χ3v) is 4.46. The van der Waals surface area contributed by atoms with E-state index < -0.39 is 0 Å². The molecule has 0 heterocycles. The first-order valence-corrected chi connectivity index (χ1v) is 7.85. The highest BCUT2D eigenvalue weighted by Gasteiger charge is 2.45. The molecule has 1 aromatic carbocycles. The Morgan fingerprint density at radius 1 is 0.850 bits per heavy atom. The first kappa shape index (κ1) is 15.6. The molecule has 1 saturated carbocycles. The molecule has 1 fully saturated rings. The monoisotopic (exact) mass is 273 g/mol. The summed E-state index contributed by atoms with van der Waals surface area (Å²) in [6, 6.07) is 6.84. The van der Waals surface area contributed by atoms with Crippen LogP contribution >= 0.6 is 0 Å². The molecule has 2 N–H and O–H groups in total. The molecule has 1 aliphatic rings. The van der Waals surface area contributed by atoms with Crippen LogP contribution in [-0.4, -0.2) is 5.54 Å². The van der Waals surface area contributed by atoms with Gasteiger partial charge in [-0.25, -0.2) is 0 Å². The van der Waals surface area contributed by atoms with Crippen molar-refractivity contribution in [3.8, 4) is 0 Å². The topological polar surface area (TPSA) is 26.0 Å². The van der Waals surface area contributed by atoms with Crippen molar-refractivity contribution in [2.24, 2.45) is 16.6 Å². The molecule has 0 bridgehead atoms. The van der Waals surface area contributed by atoms with E-state index in [0.29, 0.717) is 10.8 Å². The summed E-state index contributed by atoms with van der Waals surface area (Å²) in [5.41, 5.74) is 11.6. The quantitative estimate of drug-likeness (QED) is 0.824. The standard InChI is InChI=1S/C19H31N/c1-14-7-15(2)9-16(8-14)10-19(20)12-17(3,4)11-18(5,6)13-19/h7-9H,10-13,20H2,1-6H3. The zero-order valence-corrected chi connectivity index (χ0v) is 14.1. The first-order valence-electron chi connectivity index (χ1n) is 7.85. The molecule has 1 nitrogen and oxygen atoms in total. The Morgan fingerprint density at radius 3 is 1.75 bits per heavy atom. The van der Waals surface area contributed by atoms with Crippen molar-refractivity contribution in [2.75, 3.05) is 0 Å². The van der Waals surface area contributed by atoms with Gasteiger partial charge in [-0.3, -0.25) is 0 Å². The second kappa shape index (κ2) is 4.87. The number of hydrogen-bond donors (Lipinski definition) is 1. The van der Waals surface area contributed by atoms with Crippen LogP contribution in [0, 0.1) is 24.7 Å². The van der Waals surface area contributed by atoms with Crippen LogP contribution in [0.2, 0.25) is 0 Å². The molecule has 1 aliphatic carbocycles. The number of rotatable bonds is 2. The summed E-state index contributed by atoms with van der Waals surface area (Å²) < 4.78 is 0. The lowest BCUT2D eigenvalue weighted by atomic mass is 9.57. The SMILES string of the molecule is Cc1cc(C)cc(CC2(N)CC(C)(C)CC(C)(C)C2)c1. The second-order valence-corrected chi connectivity index (χ2v) is 8.89. The van der Waals surface area contributed by atoms with Gasteiger partial charge in [0.25, 0.3) is 0 Å². The number of nitrogens with two attached hydrogens (primary N) is 1. The highest BCUT2D eigenvalue weighted by molar-refractivity contribution is 5.30. The molecule has 0 unspecified atom stereocenters. The molecule has 0 aromatic heterocycles. The molecular weight excluding hydrogens is 242 g/mol. The lowest BCUT2D eigenvalue weighted by Gasteiger charge is -2.50. The molecule has 0 amide bonds. The van der Waals surface area contributed by atoms with Crippen LogP contribution in [0.15, 0.2) is 18.2 Å². The Balaban J connectivity index is 2.26. The third kappa shape index (κ3) is 3.85. The van der Waals surface area contributed by atoms with Gasteiger partial charge in [-0.15, -0.1) is 0 Å². The fourth-order valence-electron chi connectivity index (χ4n) is 5.09. The van der Waals surface area contributed by atoms with E-state index in [1.165, 1.54) is 23.1 Å². The maximum absolute atomic E-state index is 6.84. The van der Waals surface area contributed by atoms with Crippen molar-refractivity contribution in [2.45, 2.75) is 72.8 Å². The molecule has 0 spiro atoms. The van der Waals surface area contributed by atoms with Gasteiger partial charge < -0.3 is 5.73 Å². The average Bonchev–Trinajstić information content (AvgIpc) is 2.06. The van der Waals surface area contributed by atoms with Crippen molar-refractivity contribution in [3.63, 3.8) is 0 Å². The van der Waals surface area contributed by atoms with E-state index in [4.69, 9.17) is 5.73 Å². The van der Waals surface area contributed by atoms with Gasteiger partial charge in [-0.05, 0) is 55.9 Å². The Bertz CT molecular complexity index is 460. The molecule has 0 radical (unpaired) electrons. The summed E-state index contributed by atoms with van der Waals surface area (Å²) in [5.74, 6) is 0. The molecule has 0 aliphatic heterocycles. The fraction of sp³-hybridized carbons (Fsp3) is 0.684. The van der Waals surface area contributed by atoms with Crippen LogP contribution in [0.25, 0.3) is 0 Å². The van der Waals surface area contributed by atoms with Crippen LogP contribution in [0.5, 0.6) is 0 Å². The number of aryl methyl sites for hydroxylation is 2.